The molecule has 0 amide bonds. The molecule has 1 aliphatic heterocycles. The highest BCUT2D eigenvalue weighted by Crippen LogP contribution is 2.22. The Balaban J connectivity index is 1.86. The highest BCUT2D eigenvalue weighted by atomic mass is 32.1. The Kier molecular flexibility index (Phi) is 5.38. The average molecular weight is 292 g/mol. The van der Waals surface area contributed by atoms with Crippen LogP contribution in [-0.2, 0) is 0 Å². The highest BCUT2D eigenvalue weighted by Gasteiger charge is 2.23. The first-order chi connectivity index (χ1) is 9.58. The van der Waals surface area contributed by atoms with Gasteiger partial charge in [0.15, 0.2) is 0 Å². The molecule has 1 aliphatic rings. The second kappa shape index (κ2) is 7.04. The average Bonchev–Trinajstić information content (AvgIpc) is 2.42. The summed E-state index contributed by atoms with van der Waals surface area (Å²) >= 11 is 4.98. The zero-order valence-electron chi connectivity index (χ0n) is 12.3. The lowest BCUT2D eigenvalue weighted by molar-refractivity contribution is 0.0851. The SMILES string of the molecule is C[C@@H]1CCC[C@H](C)N1CCOc1cccc(C(N)=S)c1. The molecule has 0 unspecified atom stereocenters. The van der Waals surface area contributed by atoms with Crippen LogP contribution < -0.4 is 10.5 Å². The quantitative estimate of drug-likeness (QED) is 0.847. The van der Waals surface area contributed by atoms with Gasteiger partial charge < -0.3 is 10.5 Å². The van der Waals surface area contributed by atoms with Crippen molar-refractivity contribution >= 4 is 17.2 Å². The summed E-state index contributed by atoms with van der Waals surface area (Å²) in [7, 11) is 0. The van der Waals surface area contributed by atoms with Gasteiger partial charge in [-0.3, -0.25) is 4.90 Å². The molecule has 0 aromatic heterocycles. The molecule has 20 heavy (non-hydrogen) atoms. The van der Waals surface area contributed by atoms with E-state index in [1.54, 1.807) is 0 Å². The summed E-state index contributed by atoms with van der Waals surface area (Å²) in [6.07, 6.45) is 3.93. The summed E-state index contributed by atoms with van der Waals surface area (Å²) in [6.45, 7) is 6.29. The molecule has 0 saturated carbocycles. The molecule has 1 fully saturated rings. The zero-order chi connectivity index (χ0) is 14.5. The molecule has 110 valence electrons. The molecule has 2 N–H and O–H groups in total. The van der Waals surface area contributed by atoms with E-state index in [1.165, 1.54) is 19.3 Å². The van der Waals surface area contributed by atoms with Crippen LogP contribution in [-0.4, -0.2) is 35.1 Å². The number of nitrogens with zero attached hydrogens (tertiary/aromatic N) is 1. The number of likely N-dealkylation sites (tertiary alicyclic amines) is 1. The van der Waals surface area contributed by atoms with Crippen LogP contribution in [0.1, 0.15) is 38.7 Å². The van der Waals surface area contributed by atoms with Crippen molar-refractivity contribution in [1.29, 1.82) is 0 Å². The predicted octanol–water partition coefficient (Wildman–Crippen LogP) is 2.96. The maximum absolute atomic E-state index is 5.84. The normalized spacial score (nSPS) is 23.5. The molecule has 2 atom stereocenters. The van der Waals surface area contributed by atoms with E-state index in [-0.39, 0.29) is 0 Å². The van der Waals surface area contributed by atoms with Crippen LogP contribution in [0.4, 0.5) is 0 Å². The van der Waals surface area contributed by atoms with Gasteiger partial charge >= 0.3 is 0 Å². The minimum atomic E-state index is 0.411. The molecule has 4 heteroatoms. The van der Waals surface area contributed by atoms with Crippen molar-refractivity contribution in [3.05, 3.63) is 29.8 Å². The summed E-state index contributed by atoms with van der Waals surface area (Å²) in [5, 5.41) is 0. The Morgan fingerprint density at radius 3 is 2.70 bits per heavy atom. The number of rotatable bonds is 5. The summed E-state index contributed by atoms with van der Waals surface area (Å²) in [6, 6.07) is 9.01. The van der Waals surface area contributed by atoms with Crippen molar-refractivity contribution in [1.82, 2.24) is 4.90 Å². The minimum absolute atomic E-state index is 0.411. The van der Waals surface area contributed by atoms with Crippen LogP contribution in [0.15, 0.2) is 24.3 Å². The molecular formula is C16H24N2OS. The molecule has 1 aromatic rings. The van der Waals surface area contributed by atoms with Gasteiger partial charge in [-0.1, -0.05) is 30.8 Å². The third kappa shape index (κ3) is 3.93. The van der Waals surface area contributed by atoms with Gasteiger partial charge in [0.1, 0.15) is 17.3 Å². The lowest BCUT2D eigenvalue weighted by Crippen LogP contribution is -2.45. The number of hydrogen-bond donors (Lipinski definition) is 1. The van der Waals surface area contributed by atoms with Crippen molar-refractivity contribution in [2.24, 2.45) is 5.73 Å². The number of benzene rings is 1. The maximum atomic E-state index is 5.84. The van der Waals surface area contributed by atoms with Crippen LogP contribution in [0.25, 0.3) is 0 Å². The van der Waals surface area contributed by atoms with E-state index in [0.29, 0.717) is 23.7 Å². The Morgan fingerprint density at radius 2 is 2.05 bits per heavy atom. The van der Waals surface area contributed by atoms with E-state index in [2.05, 4.69) is 18.7 Å². The van der Waals surface area contributed by atoms with Gasteiger partial charge in [-0.05, 0) is 38.8 Å². The number of ether oxygens (including phenoxy) is 1. The van der Waals surface area contributed by atoms with Gasteiger partial charge in [-0.15, -0.1) is 0 Å². The van der Waals surface area contributed by atoms with Gasteiger partial charge in [0.25, 0.3) is 0 Å². The van der Waals surface area contributed by atoms with E-state index < -0.39 is 0 Å². The van der Waals surface area contributed by atoms with E-state index in [1.807, 2.05) is 24.3 Å². The Hall–Kier alpha value is -1.13. The molecule has 0 radical (unpaired) electrons. The zero-order valence-corrected chi connectivity index (χ0v) is 13.2. The largest absolute Gasteiger partial charge is 0.492 e. The molecule has 0 bridgehead atoms. The number of piperidine rings is 1. The third-order valence-electron chi connectivity index (χ3n) is 4.11. The lowest BCUT2D eigenvalue weighted by Gasteiger charge is -2.38. The first kappa shape index (κ1) is 15.3. The predicted molar refractivity (Wildman–Crippen MR) is 87.3 cm³/mol. The Bertz CT molecular complexity index is 454. The molecule has 1 saturated heterocycles. The molecule has 0 spiro atoms. The number of nitrogens with two attached hydrogens (primary N) is 1. The van der Waals surface area contributed by atoms with Crippen LogP contribution in [0, 0.1) is 0 Å². The standard InChI is InChI=1S/C16H24N2OS/c1-12-5-3-6-13(2)18(12)9-10-19-15-8-4-7-14(11-15)16(17)20/h4,7-8,11-13H,3,5-6,9-10H2,1-2H3,(H2,17,20)/t12-,13+. The van der Waals surface area contributed by atoms with E-state index in [9.17, 15) is 0 Å². The summed E-state index contributed by atoms with van der Waals surface area (Å²) < 4.78 is 5.84. The molecule has 3 nitrogen and oxygen atoms in total. The Morgan fingerprint density at radius 1 is 1.35 bits per heavy atom. The van der Waals surface area contributed by atoms with Gasteiger partial charge in [0.05, 0.1) is 0 Å². The van der Waals surface area contributed by atoms with Gasteiger partial charge in [-0.25, -0.2) is 0 Å². The summed E-state index contributed by atoms with van der Waals surface area (Å²) in [4.78, 5) is 2.95. The summed E-state index contributed by atoms with van der Waals surface area (Å²) in [5.41, 5.74) is 6.49. The smallest absolute Gasteiger partial charge is 0.120 e. The lowest BCUT2D eigenvalue weighted by atomic mass is 9.98. The second-order valence-electron chi connectivity index (χ2n) is 5.61. The van der Waals surface area contributed by atoms with Gasteiger partial charge in [-0.2, -0.15) is 0 Å². The number of thiocarbonyl (C=S) groups is 1. The van der Waals surface area contributed by atoms with Crippen LogP contribution in [0.3, 0.4) is 0 Å². The Labute approximate surface area is 127 Å². The van der Waals surface area contributed by atoms with Gasteiger partial charge in [0.2, 0.25) is 0 Å². The first-order valence-corrected chi connectivity index (χ1v) is 7.77. The van der Waals surface area contributed by atoms with Crippen molar-refractivity contribution in [3.63, 3.8) is 0 Å². The van der Waals surface area contributed by atoms with Gasteiger partial charge in [0, 0.05) is 24.2 Å². The molecule has 1 heterocycles. The topological polar surface area (TPSA) is 38.5 Å². The third-order valence-corrected chi connectivity index (χ3v) is 4.35. The first-order valence-electron chi connectivity index (χ1n) is 7.36. The molecular weight excluding hydrogens is 268 g/mol. The van der Waals surface area contributed by atoms with Crippen molar-refractivity contribution in [2.45, 2.75) is 45.2 Å². The van der Waals surface area contributed by atoms with E-state index >= 15 is 0 Å². The second-order valence-corrected chi connectivity index (χ2v) is 6.05. The molecule has 1 aromatic carbocycles. The number of hydrogen-bond acceptors (Lipinski definition) is 3. The fourth-order valence-electron chi connectivity index (χ4n) is 2.92. The highest BCUT2D eigenvalue weighted by molar-refractivity contribution is 7.80. The monoisotopic (exact) mass is 292 g/mol. The van der Waals surface area contributed by atoms with Crippen molar-refractivity contribution in [2.75, 3.05) is 13.2 Å². The van der Waals surface area contributed by atoms with Crippen LogP contribution in [0.2, 0.25) is 0 Å². The fourth-order valence-corrected chi connectivity index (χ4v) is 3.05. The van der Waals surface area contributed by atoms with Crippen LogP contribution in [0.5, 0.6) is 5.75 Å². The van der Waals surface area contributed by atoms with Crippen molar-refractivity contribution in [3.8, 4) is 5.75 Å². The van der Waals surface area contributed by atoms with E-state index in [0.717, 1.165) is 17.9 Å². The van der Waals surface area contributed by atoms with Crippen LogP contribution >= 0.6 is 12.2 Å². The summed E-state index contributed by atoms with van der Waals surface area (Å²) in [5.74, 6) is 0.840. The van der Waals surface area contributed by atoms with E-state index in [4.69, 9.17) is 22.7 Å². The van der Waals surface area contributed by atoms with Crippen molar-refractivity contribution < 1.29 is 4.74 Å². The fraction of sp³-hybridized carbons (Fsp3) is 0.562. The minimum Gasteiger partial charge on any atom is -0.492 e. The molecule has 0 aliphatic carbocycles. The molecule has 2 rings (SSSR count). The maximum Gasteiger partial charge on any atom is 0.120 e.